The van der Waals surface area contributed by atoms with E-state index in [1.54, 1.807) is 0 Å². The number of benzene rings is 2. The van der Waals surface area contributed by atoms with E-state index in [0.29, 0.717) is 16.3 Å². The fraction of sp³-hybridized carbons (Fsp3) is 0.0625. The molecule has 0 spiro atoms. The highest BCUT2D eigenvalue weighted by Gasteiger charge is 2.21. The van der Waals surface area contributed by atoms with E-state index in [9.17, 15) is 4.39 Å². The molecule has 0 radical (unpaired) electrons. The van der Waals surface area contributed by atoms with Crippen LogP contribution in [0.1, 0.15) is 5.56 Å². The molecule has 0 saturated heterocycles. The van der Waals surface area contributed by atoms with Crippen LogP contribution in [0.3, 0.4) is 0 Å². The lowest BCUT2D eigenvalue weighted by molar-refractivity contribution is 0.439. The summed E-state index contributed by atoms with van der Waals surface area (Å²) in [6, 6.07) is 11.9. The van der Waals surface area contributed by atoms with Gasteiger partial charge in [-0.3, -0.25) is 0 Å². The van der Waals surface area contributed by atoms with Gasteiger partial charge in [0, 0.05) is 10.6 Å². The summed E-state index contributed by atoms with van der Waals surface area (Å²) in [5.74, 6) is -0.277. The first kappa shape index (κ1) is 13.6. The molecule has 0 aliphatic carbocycles. The van der Waals surface area contributed by atoms with Gasteiger partial charge >= 0.3 is 0 Å². The third-order valence-electron chi connectivity index (χ3n) is 3.32. The van der Waals surface area contributed by atoms with E-state index >= 15 is 0 Å². The maximum Gasteiger partial charge on any atom is 0.230 e. The maximum atomic E-state index is 14.1. The quantitative estimate of drug-likeness (QED) is 0.747. The van der Waals surface area contributed by atoms with Crippen molar-refractivity contribution in [2.45, 2.75) is 6.92 Å². The first-order valence-corrected chi connectivity index (χ1v) is 6.72. The van der Waals surface area contributed by atoms with Gasteiger partial charge in [0.2, 0.25) is 5.88 Å². The third kappa shape index (κ3) is 2.38. The van der Waals surface area contributed by atoms with Crippen molar-refractivity contribution in [3.63, 3.8) is 0 Å². The molecule has 2 N–H and O–H groups in total. The highest BCUT2D eigenvalue weighted by atomic mass is 35.5. The second-order valence-electron chi connectivity index (χ2n) is 4.71. The van der Waals surface area contributed by atoms with Crippen LogP contribution in [0.2, 0.25) is 5.02 Å². The molecule has 0 fully saturated rings. The lowest BCUT2D eigenvalue weighted by Gasteiger charge is -2.07. The minimum Gasteiger partial charge on any atom is -0.367 e. The lowest BCUT2D eigenvalue weighted by Crippen LogP contribution is -1.92. The molecule has 1 heterocycles. The Bertz CT molecular complexity index is 814. The van der Waals surface area contributed by atoms with Crippen molar-refractivity contribution in [1.29, 1.82) is 0 Å². The van der Waals surface area contributed by atoms with Crippen molar-refractivity contribution in [2.75, 3.05) is 5.73 Å². The van der Waals surface area contributed by atoms with Gasteiger partial charge in [-0.2, -0.15) is 0 Å². The van der Waals surface area contributed by atoms with Crippen molar-refractivity contribution in [3.05, 3.63) is 58.9 Å². The van der Waals surface area contributed by atoms with E-state index in [1.165, 1.54) is 18.2 Å². The Morgan fingerprint density at radius 3 is 2.67 bits per heavy atom. The summed E-state index contributed by atoms with van der Waals surface area (Å²) in [4.78, 5) is 0. The van der Waals surface area contributed by atoms with E-state index in [0.717, 1.165) is 11.1 Å². The van der Waals surface area contributed by atoms with Gasteiger partial charge in [-0.1, -0.05) is 41.0 Å². The van der Waals surface area contributed by atoms with Gasteiger partial charge in [0.25, 0.3) is 0 Å². The summed E-state index contributed by atoms with van der Waals surface area (Å²) in [6.45, 7) is 1.94. The second-order valence-corrected chi connectivity index (χ2v) is 5.15. The zero-order chi connectivity index (χ0) is 15.0. The zero-order valence-corrected chi connectivity index (χ0v) is 12.0. The van der Waals surface area contributed by atoms with Crippen molar-refractivity contribution in [3.8, 4) is 22.4 Å². The maximum absolute atomic E-state index is 14.1. The third-order valence-corrected chi connectivity index (χ3v) is 3.55. The first-order valence-electron chi connectivity index (χ1n) is 6.34. The van der Waals surface area contributed by atoms with Crippen LogP contribution in [-0.2, 0) is 0 Å². The van der Waals surface area contributed by atoms with Gasteiger partial charge in [0.15, 0.2) is 0 Å². The zero-order valence-electron chi connectivity index (χ0n) is 11.2. The van der Waals surface area contributed by atoms with Crippen LogP contribution in [0.5, 0.6) is 0 Å². The lowest BCUT2D eigenvalue weighted by atomic mass is 9.97. The molecule has 5 heteroatoms. The van der Waals surface area contributed by atoms with Crippen LogP contribution in [0.25, 0.3) is 22.4 Å². The number of aromatic nitrogens is 1. The smallest absolute Gasteiger partial charge is 0.230 e. The first-order chi connectivity index (χ1) is 10.1. The molecule has 1 aromatic heterocycles. The minimum atomic E-state index is -0.428. The van der Waals surface area contributed by atoms with Gasteiger partial charge in [-0.15, -0.1) is 0 Å². The van der Waals surface area contributed by atoms with Crippen molar-refractivity contribution < 1.29 is 8.91 Å². The van der Waals surface area contributed by atoms with Crippen molar-refractivity contribution >= 4 is 17.5 Å². The Morgan fingerprint density at radius 2 is 1.90 bits per heavy atom. The van der Waals surface area contributed by atoms with E-state index < -0.39 is 5.82 Å². The number of hydrogen-bond acceptors (Lipinski definition) is 3. The average Bonchev–Trinajstić information content (AvgIpc) is 2.84. The predicted molar refractivity (Wildman–Crippen MR) is 81.5 cm³/mol. The number of anilines is 1. The summed E-state index contributed by atoms with van der Waals surface area (Å²) in [5, 5.41) is 4.33. The van der Waals surface area contributed by atoms with Crippen LogP contribution in [0.4, 0.5) is 10.3 Å². The molecule has 106 valence electrons. The fourth-order valence-corrected chi connectivity index (χ4v) is 2.45. The molecule has 0 unspecified atom stereocenters. The molecular formula is C16H12ClFN2O. The number of aryl methyl sites for hydroxylation is 1. The Morgan fingerprint density at radius 1 is 1.14 bits per heavy atom. The number of nitrogens with zero attached hydrogens (tertiary/aromatic N) is 1. The Labute approximate surface area is 126 Å². The summed E-state index contributed by atoms with van der Waals surface area (Å²) >= 11 is 5.95. The predicted octanol–water partition coefficient (Wildman–Crippen LogP) is 4.69. The van der Waals surface area contributed by atoms with Crippen molar-refractivity contribution in [2.24, 2.45) is 0 Å². The number of rotatable bonds is 2. The Balaban J connectivity index is 2.27. The van der Waals surface area contributed by atoms with E-state index in [1.807, 2.05) is 31.2 Å². The molecule has 21 heavy (non-hydrogen) atoms. The summed E-state index contributed by atoms with van der Waals surface area (Å²) in [7, 11) is 0. The second kappa shape index (κ2) is 5.22. The van der Waals surface area contributed by atoms with E-state index in [2.05, 4.69) is 5.16 Å². The highest BCUT2D eigenvalue weighted by molar-refractivity contribution is 6.30. The number of nitrogens with two attached hydrogens (primary N) is 1. The monoisotopic (exact) mass is 302 g/mol. The summed E-state index contributed by atoms with van der Waals surface area (Å²) < 4.78 is 19.2. The SMILES string of the molecule is Cc1ccccc1-c1c(-c2cc(Cl)ccc2F)noc1N. The molecule has 3 aromatic rings. The molecule has 0 amide bonds. The molecule has 3 nitrogen and oxygen atoms in total. The van der Waals surface area contributed by atoms with Crippen LogP contribution in [-0.4, -0.2) is 5.16 Å². The molecule has 0 saturated carbocycles. The van der Waals surface area contributed by atoms with Crippen LogP contribution in [0, 0.1) is 12.7 Å². The van der Waals surface area contributed by atoms with E-state index in [-0.39, 0.29) is 11.4 Å². The molecule has 0 bridgehead atoms. The van der Waals surface area contributed by atoms with Gasteiger partial charge < -0.3 is 10.3 Å². The van der Waals surface area contributed by atoms with Crippen LogP contribution < -0.4 is 5.73 Å². The summed E-state index contributed by atoms with van der Waals surface area (Å²) in [6.07, 6.45) is 0. The number of hydrogen-bond donors (Lipinski definition) is 1. The van der Waals surface area contributed by atoms with Crippen LogP contribution in [0.15, 0.2) is 47.0 Å². The molecule has 0 aliphatic heterocycles. The highest BCUT2D eigenvalue weighted by Crippen LogP contribution is 2.39. The molecular weight excluding hydrogens is 291 g/mol. The van der Waals surface area contributed by atoms with Gasteiger partial charge in [0.05, 0.1) is 5.56 Å². The number of nitrogen functional groups attached to an aromatic ring is 1. The molecule has 2 aromatic carbocycles. The number of halogens is 2. The Hall–Kier alpha value is -2.33. The fourth-order valence-electron chi connectivity index (χ4n) is 2.28. The average molecular weight is 303 g/mol. The largest absolute Gasteiger partial charge is 0.367 e. The summed E-state index contributed by atoms with van der Waals surface area (Å²) in [5.41, 5.74) is 8.92. The molecule has 0 atom stereocenters. The normalized spacial score (nSPS) is 10.8. The standard InChI is InChI=1S/C16H12ClFN2O/c1-9-4-2-3-5-11(9)14-15(20-21-16(14)19)12-8-10(17)6-7-13(12)18/h2-8H,19H2,1H3. The topological polar surface area (TPSA) is 52.0 Å². The van der Waals surface area contributed by atoms with Crippen molar-refractivity contribution in [1.82, 2.24) is 5.16 Å². The van der Waals surface area contributed by atoms with Crippen LogP contribution >= 0.6 is 11.6 Å². The van der Waals surface area contributed by atoms with E-state index in [4.69, 9.17) is 21.9 Å². The Kier molecular flexibility index (Phi) is 3.39. The van der Waals surface area contributed by atoms with Gasteiger partial charge in [0.1, 0.15) is 11.5 Å². The molecule has 3 rings (SSSR count). The van der Waals surface area contributed by atoms with Gasteiger partial charge in [-0.25, -0.2) is 4.39 Å². The minimum absolute atomic E-state index is 0.152. The molecule has 0 aliphatic rings. The van der Waals surface area contributed by atoms with Gasteiger partial charge in [-0.05, 0) is 36.2 Å².